The monoisotopic (exact) mass is 760 g/mol. The molecule has 0 bridgehead atoms. The Kier molecular flexibility index (Phi) is 11.3. The van der Waals surface area contributed by atoms with E-state index in [2.05, 4.69) is 0 Å². The van der Waals surface area contributed by atoms with E-state index in [0.29, 0.717) is 15.8 Å². The molecule has 2 fully saturated rings. The summed E-state index contributed by atoms with van der Waals surface area (Å²) in [5.41, 5.74) is 2.71. The first kappa shape index (κ1) is 37.4. The molecule has 0 radical (unpaired) electrons. The lowest BCUT2D eigenvalue weighted by molar-refractivity contribution is -0.121. The molecule has 1 amide bonds. The molecular formula is C38H34ClF5N2O5S. The second-order valence-electron chi connectivity index (χ2n) is 12.9. The molecular weight excluding hydrogens is 727 g/mol. The van der Waals surface area contributed by atoms with E-state index in [9.17, 15) is 40.0 Å². The van der Waals surface area contributed by atoms with Gasteiger partial charge in [-0.3, -0.25) is 4.79 Å². The summed E-state index contributed by atoms with van der Waals surface area (Å²) in [6.07, 6.45) is 5.55. The summed E-state index contributed by atoms with van der Waals surface area (Å²) in [6.45, 7) is -0.547. The van der Waals surface area contributed by atoms with Crippen LogP contribution in [0, 0.1) is 29.1 Å². The van der Waals surface area contributed by atoms with Crippen molar-refractivity contribution in [2.45, 2.75) is 75.0 Å². The van der Waals surface area contributed by atoms with Crippen LogP contribution in [0.3, 0.4) is 0 Å². The van der Waals surface area contributed by atoms with E-state index in [0.717, 1.165) is 36.8 Å². The van der Waals surface area contributed by atoms with Crippen LogP contribution in [0.5, 0.6) is 0 Å². The Balaban J connectivity index is 1.32. The number of benzene rings is 4. The third-order valence-corrected chi connectivity index (χ3v) is 11.8. The number of carbonyl (C=O) groups is 2. The van der Waals surface area contributed by atoms with E-state index in [1.165, 1.54) is 29.5 Å². The summed E-state index contributed by atoms with van der Waals surface area (Å²) in [5, 5.41) is -0.0710. The van der Waals surface area contributed by atoms with Crippen molar-refractivity contribution in [2.24, 2.45) is 0 Å². The van der Waals surface area contributed by atoms with Crippen molar-refractivity contribution in [1.29, 1.82) is 0 Å². The molecule has 0 unspecified atom stereocenters. The number of amides is 1. The lowest BCUT2D eigenvalue weighted by Gasteiger charge is -2.31. The number of hydrogen-bond donors (Lipinski definition) is 0. The van der Waals surface area contributed by atoms with Gasteiger partial charge in [0.15, 0.2) is 28.2 Å². The predicted molar refractivity (Wildman–Crippen MR) is 184 cm³/mol. The standard InChI is InChI=1S/C38H34ClF5N2O5S/c39-29-20-27(17-18-28(29)38(48)51-22-24-8-3-1-4-9-24)45(21-23-13-15-26(16-14-23)25-10-5-2-6-11-25)37(47)30-12-7-19-46(30)52(49,50)36-34(43)32(41)31(40)33(42)35(36)44/h1,3-4,8-9,13-18,20,25,30H,2,5-7,10-12,19,21-22H2/t30-/m1/s1. The van der Waals surface area contributed by atoms with E-state index in [1.807, 2.05) is 30.3 Å². The van der Waals surface area contributed by atoms with Gasteiger partial charge < -0.3 is 9.64 Å². The van der Waals surface area contributed by atoms with Gasteiger partial charge in [0.05, 0.1) is 17.1 Å². The van der Waals surface area contributed by atoms with E-state index >= 15 is 0 Å². The maximum atomic E-state index is 14.8. The number of esters is 1. The Bertz CT molecular complexity index is 2050. The third-order valence-electron chi connectivity index (χ3n) is 9.58. The first-order valence-corrected chi connectivity index (χ1v) is 18.6. The van der Waals surface area contributed by atoms with E-state index in [1.54, 1.807) is 24.3 Å². The molecule has 4 aromatic rings. The first-order chi connectivity index (χ1) is 24.9. The molecule has 1 aliphatic heterocycles. The highest BCUT2D eigenvalue weighted by molar-refractivity contribution is 7.89. The molecule has 4 aromatic carbocycles. The van der Waals surface area contributed by atoms with Gasteiger partial charge in [-0.2, -0.15) is 4.31 Å². The fraction of sp³-hybridized carbons (Fsp3) is 0.316. The number of carbonyl (C=O) groups excluding carboxylic acids is 2. The smallest absolute Gasteiger partial charge is 0.339 e. The molecule has 0 aromatic heterocycles. The molecule has 1 atom stereocenters. The van der Waals surface area contributed by atoms with Crippen molar-refractivity contribution in [1.82, 2.24) is 4.31 Å². The zero-order valence-electron chi connectivity index (χ0n) is 27.8. The fourth-order valence-corrected chi connectivity index (χ4v) is 8.85. The number of rotatable bonds is 10. The van der Waals surface area contributed by atoms with Crippen LogP contribution in [0.2, 0.25) is 5.02 Å². The van der Waals surface area contributed by atoms with Crippen molar-refractivity contribution in [3.63, 3.8) is 0 Å². The van der Waals surface area contributed by atoms with Crippen molar-refractivity contribution < 1.29 is 44.7 Å². The van der Waals surface area contributed by atoms with Gasteiger partial charge in [-0.1, -0.05) is 85.5 Å². The second kappa shape index (κ2) is 15.7. The fourth-order valence-electron chi connectivity index (χ4n) is 6.83. The van der Waals surface area contributed by atoms with Crippen LogP contribution in [0.25, 0.3) is 0 Å². The highest BCUT2D eigenvalue weighted by Crippen LogP contribution is 2.36. The molecule has 1 aliphatic carbocycles. The van der Waals surface area contributed by atoms with Crippen LogP contribution in [-0.2, 0) is 32.7 Å². The molecule has 1 saturated heterocycles. The number of anilines is 1. The van der Waals surface area contributed by atoms with Gasteiger partial charge in [0.25, 0.3) is 0 Å². The molecule has 6 rings (SSSR count). The summed E-state index contributed by atoms with van der Waals surface area (Å²) in [4.78, 5) is 26.5. The lowest BCUT2D eigenvalue weighted by atomic mass is 9.84. The molecule has 52 heavy (non-hydrogen) atoms. The van der Waals surface area contributed by atoms with Gasteiger partial charge in [0.1, 0.15) is 12.6 Å². The zero-order valence-corrected chi connectivity index (χ0v) is 29.3. The normalized spacial score (nSPS) is 16.9. The first-order valence-electron chi connectivity index (χ1n) is 16.8. The number of sulfonamides is 1. The van der Waals surface area contributed by atoms with Crippen LogP contribution in [0.15, 0.2) is 77.7 Å². The van der Waals surface area contributed by atoms with Gasteiger partial charge in [-0.25, -0.2) is 35.2 Å². The minimum atomic E-state index is -5.42. The van der Waals surface area contributed by atoms with Crippen LogP contribution < -0.4 is 4.90 Å². The average Bonchev–Trinajstić information content (AvgIpc) is 3.67. The Hall–Kier alpha value is -4.33. The van der Waals surface area contributed by atoms with Crippen LogP contribution >= 0.6 is 11.6 Å². The number of halogens is 6. The number of nitrogens with zero attached hydrogens (tertiary/aromatic N) is 2. The van der Waals surface area contributed by atoms with Gasteiger partial charge in [0.2, 0.25) is 21.7 Å². The summed E-state index contributed by atoms with van der Waals surface area (Å²) >= 11 is 6.55. The quantitative estimate of drug-likeness (QED) is 0.0699. The summed E-state index contributed by atoms with van der Waals surface area (Å²) < 4.78 is 105. The minimum Gasteiger partial charge on any atom is -0.457 e. The SMILES string of the molecule is O=C(OCc1ccccc1)c1ccc(N(Cc2ccc(C3CCCCC3)cc2)C(=O)[C@H]2CCCN2S(=O)(=O)c2c(F)c(F)c(F)c(F)c2F)cc1Cl. The summed E-state index contributed by atoms with van der Waals surface area (Å²) in [5.74, 6) is -13.5. The van der Waals surface area contributed by atoms with Crippen molar-refractivity contribution in [3.05, 3.63) is 129 Å². The predicted octanol–water partition coefficient (Wildman–Crippen LogP) is 8.83. The molecule has 2 aliphatic rings. The summed E-state index contributed by atoms with van der Waals surface area (Å²) in [6, 6.07) is 19.2. The van der Waals surface area contributed by atoms with Gasteiger partial charge in [-0.05, 0) is 66.5 Å². The van der Waals surface area contributed by atoms with Crippen LogP contribution in [-0.4, -0.2) is 37.2 Å². The Labute approximate surface area is 303 Å². The van der Waals surface area contributed by atoms with Crippen LogP contribution in [0.4, 0.5) is 27.6 Å². The largest absolute Gasteiger partial charge is 0.457 e. The third kappa shape index (κ3) is 7.58. The zero-order chi connectivity index (χ0) is 37.2. The minimum absolute atomic E-state index is 0.00182. The maximum absolute atomic E-state index is 14.8. The van der Waals surface area contributed by atoms with E-state index < -0.39 is 68.5 Å². The number of ether oxygens (including phenoxy) is 1. The van der Waals surface area contributed by atoms with E-state index in [-0.39, 0.29) is 42.3 Å². The molecule has 1 heterocycles. The van der Waals surface area contributed by atoms with Crippen molar-refractivity contribution in [3.8, 4) is 0 Å². The summed E-state index contributed by atoms with van der Waals surface area (Å²) in [7, 11) is -5.42. The molecule has 274 valence electrons. The Morgan fingerprint density at radius 1 is 0.769 bits per heavy atom. The van der Waals surface area contributed by atoms with E-state index in [4.69, 9.17) is 16.3 Å². The highest BCUT2D eigenvalue weighted by Gasteiger charge is 2.45. The van der Waals surface area contributed by atoms with Crippen molar-refractivity contribution in [2.75, 3.05) is 11.4 Å². The Morgan fingerprint density at radius 3 is 2.04 bits per heavy atom. The average molecular weight is 761 g/mol. The number of hydrogen-bond acceptors (Lipinski definition) is 5. The second-order valence-corrected chi connectivity index (χ2v) is 15.1. The lowest BCUT2D eigenvalue weighted by Crippen LogP contribution is -2.48. The maximum Gasteiger partial charge on any atom is 0.339 e. The molecule has 0 N–H and O–H groups in total. The highest BCUT2D eigenvalue weighted by atomic mass is 35.5. The Morgan fingerprint density at radius 2 is 1.40 bits per heavy atom. The topological polar surface area (TPSA) is 84.0 Å². The van der Waals surface area contributed by atoms with Crippen LogP contribution in [0.1, 0.15) is 77.9 Å². The van der Waals surface area contributed by atoms with Gasteiger partial charge >= 0.3 is 5.97 Å². The van der Waals surface area contributed by atoms with Crippen molar-refractivity contribution >= 4 is 39.2 Å². The van der Waals surface area contributed by atoms with Gasteiger partial charge in [-0.15, -0.1) is 0 Å². The molecule has 14 heteroatoms. The molecule has 0 spiro atoms. The molecule has 1 saturated carbocycles. The van der Waals surface area contributed by atoms with Gasteiger partial charge in [0, 0.05) is 12.2 Å². The molecule has 7 nitrogen and oxygen atoms in total.